The molecule has 1 aromatic rings. The van der Waals surface area contributed by atoms with Gasteiger partial charge in [0.1, 0.15) is 11.6 Å². The van der Waals surface area contributed by atoms with Gasteiger partial charge in [0, 0.05) is 20.1 Å². The molecule has 1 aromatic heterocycles. The molecule has 2 rings (SSSR count). The Balaban J connectivity index is 2.18. The molecule has 0 spiro atoms. The second-order valence-electron chi connectivity index (χ2n) is 3.88. The van der Waals surface area contributed by atoms with Gasteiger partial charge >= 0.3 is 0 Å². The van der Waals surface area contributed by atoms with Crippen molar-refractivity contribution in [2.75, 3.05) is 43.0 Å². The highest BCUT2D eigenvalue weighted by molar-refractivity contribution is 5.82. The van der Waals surface area contributed by atoms with Gasteiger partial charge < -0.3 is 21.3 Å². The molecule has 1 aliphatic heterocycles. The molecular formula is C10H15N5O. The lowest BCUT2D eigenvalue weighted by atomic mass is 10.3. The van der Waals surface area contributed by atoms with Crippen molar-refractivity contribution in [3.05, 3.63) is 12.1 Å². The van der Waals surface area contributed by atoms with E-state index in [9.17, 15) is 4.79 Å². The number of hydrogen-bond acceptors (Lipinski definition) is 5. The van der Waals surface area contributed by atoms with E-state index in [0.717, 1.165) is 6.54 Å². The lowest BCUT2D eigenvalue weighted by Crippen LogP contribution is -2.48. The number of nitrogens with two attached hydrogens (primary N) is 2. The number of carbonyl (C=O) groups is 1. The highest BCUT2D eigenvalue weighted by atomic mass is 16.2. The predicted octanol–water partition coefficient (Wildman–Crippen LogP) is -0.476. The van der Waals surface area contributed by atoms with Crippen LogP contribution in [0.2, 0.25) is 0 Å². The number of anilines is 3. The van der Waals surface area contributed by atoms with Crippen LogP contribution >= 0.6 is 0 Å². The molecule has 86 valence electrons. The van der Waals surface area contributed by atoms with Crippen LogP contribution in [0.5, 0.6) is 0 Å². The highest BCUT2D eigenvalue weighted by Crippen LogP contribution is 2.19. The summed E-state index contributed by atoms with van der Waals surface area (Å²) < 4.78 is 0. The number of carbonyl (C=O) groups excluding carboxylic acids is 1. The number of pyridine rings is 1. The van der Waals surface area contributed by atoms with Gasteiger partial charge in [0.05, 0.1) is 12.2 Å². The number of hydrogen-bond donors (Lipinski definition) is 2. The summed E-state index contributed by atoms with van der Waals surface area (Å²) in [5.41, 5.74) is 11.7. The number of piperazine rings is 1. The Morgan fingerprint density at radius 1 is 1.31 bits per heavy atom. The number of nitrogens with zero attached hydrogens (tertiary/aromatic N) is 3. The number of aromatic nitrogens is 1. The summed E-state index contributed by atoms with van der Waals surface area (Å²) in [7, 11) is 1.80. The first-order valence-electron chi connectivity index (χ1n) is 5.09. The van der Waals surface area contributed by atoms with E-state index < -0.39 is 0 Å². The predicted molar refractivity (Wildman–Crippen MR) is 62.9 cm³/mol. The van der Waals surface area contributed by atoms with Crippen LogP contribution in [0, 0.1) is 0 Å². The van der Waals surface area contributed by atoms with Crippen molar-refractivity contribution in [2.45, 2.75) is 0 Å². The van der Waals surface area contributed by atoms with E-state index in [2.05, 4.69) is 4.98 Å². The normalized spacial score (nSPS) is 16.7. The fourth-order valence-electron chi connectivity index (χ4n) is 1.61. The van der Waals surface area contributed by atoms with Crippen LogP contribution < -0.4 is 16.4 Å². The van der Waals surface area contributed by atoms with E-state index in [1.54, 1.807) is 24.1 Å². The molecule has 6 heteroatoms. The number of nitrogen functional groups attached to an aromatic ring is 2. The maximum Gasteiger partial charge on any atom is 0.241 e. The molecular weight excluding hydrogens is 206 g/mol. The van der Waals surface area contributed by atoms with Crippen LogP contribution in [0.3, 0.4) is 0 Å². The Labute approximate surface area is 93.8 Å². The molecule has 1 saturated heterocycles. The lowest BCUT2D eigenvalue weighted by Gasteiger charge is -2.32. The minimum absolute atomic E-state index is 0.0865. The van der Waals surface area contributed by atoms with E-state index in [-0.39, 0.29) is 5.91 Å². The maximum absolute atomic E-state index is 11.5. The fraction of sp³-hybridized carbons (Fsp3) is 0.400. The Bertz CT molecular complexity index is 420. The van der Waals surface area contributed by atoms with Crippen molar-refractivity contribution in [1.82, 2.24) is 9.88 Å². The van der Waals surface area contributed by atoms with E-state index in [1.807, 2.05) is 4.90 Å². The summed E-state index contributed by atoms with van der Waals surface area (Å²) >= 11 is 0. The first-order chi connectivity index (χ1) is 7.58. The van der Waals surface area contributed by atoms with Crippen molar-refractivity contribution in [1.29, 1.82) is 0 Å². The standard InChI is InChI=1S/C10H15N5O/c1-14-4-5-15(6-9(14)16)8-3-2-7(11)10(12)13-8/h2-3H,4-6,11H2,1H3,(H2,12,13). The molecule has 1 amide bonds. The molecule has 4 N–H and O–H groups in total. The van der Waals surface area contributed by atoms with Gasteiger partial charge in [-0.2, -0.15) is 0 Å². The third-order valence-corrected chi connectivity index (χ3v) is 2.72. The molecule has 1 aliphatic rings. The van der Waals surface area contributed by atoms with Gasteiger partial charge in [-0.05, 0) is 12.1 Å². The second kappa shape index (κ2) is 3.88. The van der Waals surface area contributed by atoms with Crippen LogP contribution in [0.4, 0.5) is 17.3 Å². The quantitative estimate of drug-likeness (QED) is 0.669. The fourth-order valence-corrected chi connectivity index (χ4v) is 1.61. The van der Waals surface area contributed by atoms with E-state index in [0.29, 0.717) is 30.4 Å². The zero-order valence-corrected chi connectivity index (χ0v) is 9.18. The van der Waals surface area contributed by atoms with Gasteiger partial charge in [0.15, 0.2) is 0 Å². The average molecular weight is 221 g/mol. The Morgan fingerprint density at radius 3 is 2.69 bits per heavy atom. The lowest BCUT2D eigenvalue weighted by molar-refractivity contribution is -0.129. The molecule has 0 saturated carbocycles. The topological polar surface area (TPSA) is 88.5 Å². The molecule has 0 bridgehead atoms. The molecule has 0 atom stereocenters. The molecule has 6 nitrogen and oxygen atoms in total. The van der Waals surface area contributed by atoms with Gasteiger partial charge in [-0.15, -0.1) is 0 Å². The monoisotopic (exact) mass is 221 g/mol. The Kier molecular flexibility index (Phi) is 2.55. The maximum atomic E-state index is 11.5. The largest absolute Gasteiger partial charge is 0.396 e. The van der Waals surface area contributed by atoms with E-state index in [1.165, 1.54) is 0 Å². The highest BCUT2D eigenvalue weighted by Gasteiger charge is 2.22. The molecule has 1 fully saturated rings. The number of rotatable bonds is 1. The van der Waals surface area contributed by atoms with Crippen LogP contribution in [0.25, 0.3) is 0 Å². The molecule has 0 radical (unpaired) electrons. The molecule has 0 aliphatic carbocycles. The molecule has 0 aromatic carbocycles. The third kappa shape index (κ3) is 1.86. The smallest absolute Gasteiger partial charge is 0.241 e. The van der Waals surface area contributed by atoms with E-state index >= 15 is 0 Å². The van der Waals surface area contributed by atoms with Gasteiger partial charge in [-0.1, -0.05) is 0 Å². The van der Waals surface area contributed by atoms with Crippen LogP contribution in [-0.2, 0) is 4.79 Å². The zero-order valence-electron chi connectivity index (χ0n) is 9.18. The van der Waals surface area contributed by atoms with Crippen molar-refractivity contribution in [2.24, 2.45) is 0 Å². The molecule has 2 heterocycles. The van der Waals surface area contributed by atoms with Gasteiger partial charge in [0.2, 0.25) is 5.91 Å². The second-order valence-corrected chi connectivity index (χ2v) is 3.88. The van der Waals surface area contributed by atoms with Crippen LogP contribution in [-0.4, -0.2) is 42.5 Å². The van der Waals surface area contributed by atoms with Gasteiger partial charge in [-0.25, -0.2) is 4.98 Å². The van der Waals surface area contributed by atoms with Crippen molar-refractivity contribution >= 4 is 23.2 Å². The van der Waals surface area contributed by atoms with E-state index in [4.69, 9.17) is 11.5 Å². The summed E-state index contributed by atoms with van der Waals surface area (Å²) in [5, 5.41) is 0. The first-order valence-corrected chi connectivity index (χ1v) is 5.09. The number of likely N-dealkylation sites (N-methyl/N-ethyl adjacent to an activating group) is 1. The Hall–Kier alpha value is -1.98. The number of amides is 1. The molecule has 0 unspecified atom stereocenters. The minimum atomic E-state index is 0.0865. The third-order valence-electron chi connectivity index (χ3n) is 2.72. The van der Waals surface area contributed by atoms with Crippen LogP contribution in [0.1, 0.15) is 0 Å². The van der Waals surface area contributed by atoms with Crippen LogP contribution in [0.15, 0.2) is 12.1 Å². The van der Waals surface area contributed by atoms with Crippen molar-refractivity contribution in [3.63, 3.8) is 0 Å². The summed E-state index contributed by atoms with van der Waals surface area (Å²) in [5.74, 6) is 1.10. The van der Waals surface area contributed by atoms with Crippen molar-refractivity contribution in [3.8, 4) is 0 Å². The summed E-state index contributed by atoms with van der Waals surface area (Å²) in [6, 6.07) is 3.49. The van der Waals surface area contributed by atoms with Gasteiger partial charge in [-0.3, -0.25) is 4.79 Å². The Morgan fingerprint density at radius 2 is 2.06 bits per heavy atom. The summed E-state index contributed by atoms with van der Waals surface area (Å²) in [4.78, 5) is 19.3. The summed E-state index contributed by atoms with van der Waals surface area (Å²) in [6.45, 7) is 1.80. The average Bonchev–Trinajstić information content (AvgIpc) is 2.26. The zero-order chi connectivity index (χ0) is 11.7. The van der Waals surface area contributed by atoms with Crippen molar-refractivity contribution < 1.29 is 4.79 Å². The van der Waals surface area contributed by atoms with Gasteiger partial charge in [0.25, 0.3) is 0 Å². The molecule has 16 heavy (non-hydrogen) atoms. The summed E-state index contributed by atoms with van der Waals surface area (Å²) in [6.07, 6.45) is 0. The minimum Gasteiger partial charge on any atom is -0.396 e. The first kappa shape index (κ1) is 10.5. The SMILES string of the molecule is CN1CCN(c2ccc(N)c(N)n2)CC1=O.